The van der Waals surface area contributed by atoms with Crippen molar-refractivity contribution >= 4 is 12.3 Å². The fourth-order valence-electron chi connectivity index (χ4n) is 2.85. The van der Waals surface area contributed by atoms with Gasteiger partial charge in [-0.05, 0) is 65.4 Å². The number of amides is 2. The van der Waals surface area contributed by atoms with Crippen molar-refractivity contribution in [2.75, 3.05) is 20.1 Å². The van der Waals surface area contributed by atoms with Gasteiger partial charge in [0.05, 0.1) is 0 Å². The van der Waals surface area contributed by atoms with Crippen molar-refractivity contribution in [3.05, 3.63) is 52.5 Å². The van der Waals surface area contributed by atoms with Crippen LogP contribution in [-0.2, 0) is 9.59 Å². The molecular formula is C23H33N5O2. The summed E-state index contributed by atoms with van der Waals surface area (Å²) >= 11 is 0. The quantitative estimate of drug-likeness (QED) is 0.254. The molecule has 2 amide bonds. The number of pyridine rings is 1. The smallest absolute Gasteiger partial charge is 0.249 e. The maximum Gasteiger partial charge on any atom is 0.249 e. The van der Waals surface area contributed by atoms with Gasteiger partial charge >= 0.3 is 0 Å². The molecule has 5 N–H and O–H groups in total. The van der Waals surface area contributed by atoms with Gasteiger partial charge in [-0.25, -0.2) is 0 Å². The predicted octanol–water partition coefficient (Wildman–Crippen LogP) is 1.54. The Balaban J connectivity index is 0.00000218. The number of allylic oxidation sites excluding steroid dienone is 2. The molecule has 0 aromatic carbocycles. The largest absolute Gasteiger partial charge is 0.348 e. The lowest BCUT2D eigenvalue weighted by Gasteiger charge is -2.17. The zero-order valence-corrected chi connectivity index (χ0v) is 18.3. The Labute approximate surface area is 179 Å². The molecule has 2 rings (SSSR count). The predicted molar refractivity (Wildman–Crippen MR) is 120 cm³/mol. The van der Waals surface area contributed by atoms with Gasteiger partial charge < -0.3 is 21.7 Å². The first-order valence-electron chi connectivity index (χ1n) is 10.1. The lowest BCUT2D eigenvalue weighted by Crippen LogP contribution is -2.41. The first-order chi connectivity index (χ1) is 14.5. The number of aryl methyl sites for hydroxylation is 1. The number of carbonyl (C=O) groups is 2. The summed E-state index contributed by atoms with van der Waals surface area (Å²) in [5.41, 5.74) is 7.87. The third-order valence-corrected chi connectivity index (χ3v) is 4.52. The Morgan fingerprint density at radius 3 is 2.73 bits per heavy atom. The summed E-state index contributed by atoms with van der Waals surface area (Å²) < 4.78 is 0. The van der Waals surface area contributed by atoms with Gasteiger partial charge in [-0.1, -0.05) is 18.3 Å². The lowest BCUT2D eigenvalue weighted by atomic mass is 10.1. The fraction of sp³-hybridized carbons (Fsp3) is 0.435. The van der Waals surface area contributed by atoms with E-state index in [0.29, 0.717) is 17.7 Å². The molecule has 0 spiro atoms. The van der Waals surface area contributed by atoms with E-state index in [1.165, 1.54) is 7.05 Å². The maximum absolute atomic E-state index is 12.6. The monoisotopic (exact) mass is 411 g/mol. The Morgan fingerprint density at radius 2 is 2.07 bits per heavy atom. The number of hydrogen-bond acceptors (Lipinski definition) is 5. The Kier molecular flexibility index (Phi) is 11.8. The van der Waals surface area contributed by atoms with Gasteiger partial charge in [-0.2, -0.15) is 0 Å². The third-order valence-electron chi connectivity index (χ3n) is 4.52. The molecular weight excluding hydrogens is 378 g/mol. The Hall–Kier alpha value is -2.95. The van der Waals surface area contributed by atoms with Crippen LogP contribution in [0.1, 0.15) is 44.4 Å². The minimum atomic E-state index is -0.183. The molecule has 1 aliphatic rings. The summed E-state index contributed by atoms with van der Waals surface area (Å²) in [6.07, 6.45) is 7.16. The molecule has 0 bridgehead atoms. The Bertz CT molecular complexity index is 808. The number of nitrogens with zero attached hydrogens (tertiary/aromatic N) is 1. The summed E-state index contributed by atoms with van der Waals surface area (Å²) in [5.74, 6) is 5.88. The number of aromatic nitrogens is 1. The molecule has 0 saturated carbocycles. The number of rotatable bonds is 5. The van der Waals surface area contributed by atoms with E-state index in [0.717, 1.165) is 49.2 Å². The van der Waals surface area contributed by atoms with E-state index >= 15 is 0 Å². The molecule has 162 valence electrons. The normalized spacial score (nSPS) is 17.1. The van der Waals surface area contributed by atoms with E-state index in [1.807, 2.05) is 26.0 Å². The van der Waals surface area contributed by atoms with Crippen molar-refractivity contribution in [3.63, 3.8) is 0 Å². The van der Waals surface area contributed by atoms with E-state index in [4.69, 9.17) is 0 Å². The van der Waals surface area contributed by atoms with Gasteiger partial charge in [-0.3, -0.25) is 14.6 Å². The van der Waals surface area contributed by atoms with Gasteiger partial charge in [-0.15, -0.1) is 0 Å². The van der Waals surface area contributed by atoms with Crippen molar-refractivity contribution in [2.45, 2.75) is 46.1 Å². The van der Waals surface area contributed by atoms with Crippen LogP contribution < -0.4 is 21.7 Å². The van der Waals surface area contributed by atoms with Crippen molar-refractivity contribution in [3.8, 4) is 11.8 Å². The van der Waals surface area contributed by atoms with E-state index in [9.17, 15) is 9.59 Å². The fourth-order valence-corrected chi connectivity index (χ4v) is 2.85. The first-order valence-corrected chi connectivity index (χ1v) is 10.1. The molecule has 30 heavy (non-hydrogen) atoms. The summed E-state index contributed by atoms with van der Waals surface area (Å²) in [7, 11) is 1.50. The van der Waals surface area contributed by atoms with Gasteiger partial charge in [0.25, 0.3) is 0 Å². The Morgan fingerprint density at radius 1 is 1.30 bits per heavy atom. The van der Waals surface area contributed by atoms with E-state index in [2.05, 4.69) is 38.5 Å². The number of carbonyl (C=O) groups excluding carboxylic acids is 2. The molecule has 2 heterocycles. The molecule has 7 nitrogen and oxygen atoms in total. The highest BCUT2D eigenvalue weighted by atomic mass is 16.2. The average molecular weight is 412 g/mol. The number of hydrogen-bond donors (Lipinski definition) is 4. The summed E-state index contributed by atoms with van der Waals surface area (Å²) in [6.45, 7) is 7.20. The third kappa shape index (κ3) is 9.03. The molecule has 0 aliphatic carbocycles. The van der Waals surface area contributed by atoms with Crippen molar-refractivity contribution in [2.24, 2.45) is 5.73 Å². The highest BCUT2D eigenvalue weighted by Crippen LogP contribution is 2.09. The molecule has 1 aromatic heterocycles. The molecule has 1 unspecified atom stereocenters. The van der Waals surface area contributed by atoms with Crippen molar-refractivity contribution in [1.82, 2.24) is 20.9 Å². The molecule has 7 heteroatoms. The number of nitrogens with two attached hydrogens (primary N) is 1. The van der Waals surface area contributed by atoms with Crippen molar-refractivity contribution in [1.29, 1.82) is 0 Å². The van der Waals surface area contributed by atoms with Crippen molar-refractivity contribution < 1.29 is 9.59 Å². The second-order valence-corrected chi connectivity index (χ2v) is 6.94. The first kappa shape index (κ1) is 25.1. The lowest BCUT2D eigenvalue weighted by molar-refractivity contribution is -0.118. The van der Waals surface area contributed by atoms with E-state index < -0.39 is 0 Å². The highest BCUT2D eigenvalue weighted by Gasteiger charge is 2.17. The molecule has 1 saturated heterocycles. The second kappa shape index (κ2) is 14.1. The van der Waals surface area contributed by atoms with Crippen LogP contribution in [0, 0.1) is 18.8 Å². The molecule has 1 aromatic rings. The van der Waals surface area contributed by atoms with Crippen LogP contribution in [-0.4, -0.2) is 43.5 Å². The van der Waals surface area contributed by atoms with Crippen LogP contribution >= 0.6 is 0 Å². The zero-order valence-electron chi connectivity index (χ0n) is 18.3. The minimum Gasteiger partial charge on any atom is -0.348 e. The standard InChI is InChI=1S/C22H28N4O2.CH5N/c1-16(7-9-19-10-8-17(2)24-13-19)12-21(25-15-27)18(3)22(28)26-20-6-4-5-11-23-14-20;1-2/h8,10,12-13,15,20,23H,4-6,11,14H2,1-3H3,(H,25,27)(H,26,28);2H2,1H3/b16-12+,21-18-;. The van der Waals surface area contributed by atoms with Crippen LogP contribution in [0.25, 0.3) is 0 Å². The van der Waals surface area contributed by atoms with Crippen LogP contribution in [0.15, 0.2) is 41.2 Å². The molecule has 1 fully saturated rings. The van der Waals surface area contributed by atoms with Crippen LogP contribution in [0.5, 0.6) is 0 Å². The summed E-state index contributed by atoms with van der Waals surface area (Å²) in [4.78, 5) is 27.8. The highest BCUT2D eigenvalue weighted by molar-refractivity contribution is 5.94. The molecule has 1 atom stereocenters. The van der Waals surface area contributed by atoms with Gasteiger partial charge in [0.1, 0.15) is 0 Å². The van der Waals surface area contributed by atoms with Crippen LogP contribution in [0.2, 0.25) is 0 Å². The van der Waals surface area contributed by atoms with Gasteiger partial charge in [0.15, 0.2) is 0 Å². The summed E-state index contributed by atoms with van der Waals surface area (Å²) in [5, 5.41) is 8.99. The van der Waals surface area contributed by atoms with Gasteiger partial charge in [0.2, 0.25) is 12.3 Å². The van der Waals surface area contributed by atoms with Gasteiger partial charge in [0, 0.05) is 46.9 Å². The topological polar surface area (TPSA) is 109 Å². The zero-order chi connectivity index (χ0) is 22.4. The minimum absolute atomic E-state index is 0.0985. The maximum atomic E-state index is 12.6. The van der Waals surface area contributed by atoms with Crippen LogP contribution in [0.4, 0.5) is 0 Å². The SMILES string of the molecule is C/C(C(=O)NC1CCCCNC1)=C(\C=C(/C)C#Cc1ccc(C)nc1)NC=O.CN. The summed E-state index contributed by atoms with van der Waals surface area (Å²) in [6, 6.07) is 3.91. The van der Waals surface area contributed by atoms with E-state index in [-0.39, 0.29) is 11.9 Å². The van der Waals surface area contributed by atoms with Crippen LogP contribution in [0.3, 0.4) is 0 Å². The second-order valence-electron chi connectivity index (χ2n) is 6.94. The molecule has 0 radical (unpaired) electrons. The number of nitrogens with one attached hydrogen (secondary N) is 3. The average Bonchev–Trinajstić information content (AvgIpc) is 3.02. The molecule has 1 aliphatic heterocycles. The van der Waals surface area contributed by atoms with E-state index in [1.54, 1.807) is 19.2 Å².